The summed E-state index contributed by atoms with van der Waals surface area (Å²) in [5, 5.41) is 3.04. The van der Waals surface area contributed by atoms with Crippen LogP contribution < -0.4 is 5.32 Å². The van der Waals surface area contributed by atoms with E-state index in [4.69, 9.17) is 0 Å². The SMILES string of the molecule is CNc1cc(CN(C)C(=O)C(C)(C)c2cccc(F)c2)nc([C@H]2CCCN2C(C)=O)n1. The Hall–Kier alpha value is -3.03. The van der Waals surface area contributed by atoms with E-state index in [1.54, 1.807) is 62.9 Å². The number of likely N-dealkylation sites (tertiary alicyclic amines) is 1. The van der Waals surface area contributed by atoms with Crippen molar-refractivity contribution in [3.63, 3.8) is 0 Å². The Morgan fingerprint density at radius 3 is 2.68 bits per heavy atom. The van der Waals surface area contributed by atoms with Gasteiger partial charge in [-0.1, -0.05) is 12.1 Å². The van der Waals surface area contributed by atoms with Gasteiger partial charge in [-0.2, -0.15) is 0 Å². The quantitative estimate of drug-likeness (QED) is 0.766. The van der Waals surface area contributed by atoms with Crippen molar-refractivity contribution in [3.8, 4) is 0 Å². The number of amides is 2. The van der Waals surface area contributed by atoms with Gasteiger partial charge in [0.1, 0.15) is 11.6 Å². The number of carbonyl (C=O) groups is 2. The molecule has 3 rings (SSSR count). The Balaban J connectivity index is 1.84. The number of hydrogen-bond acceptors (Lipinski definition) is 5. The molecule has 0 bridgehead atoms. The lowest BCUT2D eigenvalue weighted by Gasteiger charge is -2.30. The molecule has 1 aromatic carbocycles. The van der Waals surface area contributed by atoms with Crippen LogP contribution in [0.25, 0.3) is 0 Å². The summed E-state index contributed by atoms with van der Waals surface area (Å²) in [6.07, 6.45) is 1.72. The number of halogens is 1. The smallest absolute Gasteiger partial charge is 0.232 e. The van der Waals surface area contributed by atoms with Crippen molar-refractivity contribution in [2.75, 3.05) is 26.0 Å². The second-order valence-electron chi connectivity index (χ2n) is 8.52. The molecule has 7 nitrogen and oxygen atoms in total. The van der Waals surface area contributed by atoms with Gasteiger partial charge in [0.25, 0.3) is 0 Å². The zero-order valence-corrected chi connectivity index (χ0v) is 18.8. The van der Waals surface area contributed by atoms with Crippen LogP contribution in [0.5, 0.6) is 0 Å². The molecule has 0 aliphatic carbocycles. The van der Waals surface area contributed by atoms with E-state index in [1.165, 1.54) is 12.1 Å². The molecule has 1 N–H and O–H groups in total. The number of likely N-dealkylation sites (N-methyl/N-ethyl adjacent to an activating group) is 1. The summed E-state index contributed by atoms with van der Waals surface area (Å²) in [5.41, 5.74) is 0.400. The van der Waals surface area contributed by atoms with Gasteiger partial charge in [-0.05, 0) is 44.4 Å². The molecule has 166 valence electrons. The summed E-state index contributed by atoms with van der Waals surface area (Å²) in [7, 11) is 3.48. The van der Waals surface area contributed by atoms with Crippen molar-refractivity contribution >= 4 is 17.6 Å². The van der Waals surface area contributed by atoms with Crippen LogP contribution in [0.3, 0.4) is 0 Å². The summed E-state index contributed by atoms with van der Waals surface area (Å²) in [5.74, 6) is 0.717. The molecule has 8 heteroatoms. The van der Waals surface area contributed by atoms with E-state index < -0.39 is 5.41 Å². The monoisotopic (exact) mass is 427 g/mol. The highest BCUT2D eigenvalue weighted by Crippen LogP contribution is 2.31. The van der Waals surface area contributed by atoms with Crippen molar-refractivity contribution in [3.05, 3.63) is 53.2 Å². The Morgan fingerprint density at radius 2 is 2.03 bits per heavy atom. The van der Waals surface area contributed by atoms with Crippen molar-refractivity contribution in [1.29, 1.82) is 0 Å². The largest absolute Gasteiger partial charge is 0.373 e. The number of carbonyl (C=O) groups excluding carboxylic acids is 2. The second kappa shape index (κ2) is 8.99. The molecule has 1 aliphatic rings. The minimum atomic E-state index is -0.893. The van der Waals surface area contributed by atoms with Gasteiger partial charge in [0.2, 0.25) is 11.8 Å². The Morgan fingerprint density at radius 1 is 1.29 bits per heavy atom. The van der Waals surface area contributed by atoms with Crippen molar-refractivity contribution in [1.82, 2.24) is 19.8 Å². The van der Waals surface area contributed by atoms with Gasteiger partial charge >= 0.3 is 0 Å². The van der Waals surface area contributed by atoms with E-state index in [9.17, 15) is 14.0 Å². The number of benzene rings is 1. The highest BCUT2D eigenvalue weighted by Gasteiger charge is 2.34. The van der Waals surface area contributed by atoms with Crippen LogP contribution in [-0.4, -0.2) is 52.2 Å². The normalized spacial score (nSPS) is 16.3. The van der Waals surface area contributed by atoms with Crippen molar-refractivity contribution in [2.24, 2.45) is 0 Å². The van der Waals surface area contributed by atoms with E-state index in [0.717, 1.165) is 12.8 Å². The molecule has 0 radical (unpaired) electrons. The minimum absolute atomic E-state index is 0.00616. The molecule has 0 saturated carbocycles. The summed E-state index contributed by atoms with van der Waals surface area (Å²) in [4.78, 5) is 37.8. The third kappa shape index (κ3) is 4.84. The molecule has 31 heavy (non-hydrogen) atoms. The molecule has 0 spiro atoms. The maximum absolute atomic E-state index is 13.7. The third-order valence-electron chi connectivity index (χ3n) is 5.83. The summed E-state index contributed by atoms with van der Waals surface area (Å²) < 4.78 is 13.7. The fourth-order valence-corrected chi connectivity index (χ4v) is 4.08. The molecule has 0 unspecified atom stereocenters. The zero-order chi connectivity index (χ0) is 22.8. The lowest BCUT2D eigenvalue weighted by atomic mass is 9.83. The van der Waals surface area contributed by atoms with E-state index in [1.807, 2.05) is 0 Å². The van der Waals surface area contributed by atoms with Crippen LogP contribution in [-0.2, 0) is 21.5 Å². The van der Waals surface area contributed by atoms with Crippen LogP contribution in [0.4, 0.5) is 10.2 Å². The van der Waals surface area contributed by atoms with Gasteiger partial charge in [-0.25, -0.2) is 14.4 Å². The van der Waals surface area contributed by atoms with Gasteiger partial charge < -0.3 is 15.1 Å². The highest BCUT2D eigenvalue weighted by atomic mass is 19.1. The average Bonchev–Trinajstić information content (AvgIpc) is 3.23. The van der Waals surface area contributed by atoms with Gasteiger partial charge in [0, 0.05) is 33.6 Å². The Labute approximate surface area is 182 Å². The van der Waals surface area contributed by atoms with E-state index in [0.29, 0.717) is 29.4 Å². The lowest BCUT2D eigenvalue weighted by molar-refractivity contribution is -0.135. The first-order chi connectivity index (χ1) is 14.6. The molecule has 2 amide bonds. The van der Waals surface area contributed by atoms with Crippen LogP contribution in [0.1, 0.15) is 56.7 Å². The van der Waals surface area contributed by atoms with Gasteiger partial charge in [-0.15, -0.1) is 0 Å². The number of aromatic nitrogens is 2. The van der Waals surface area contributed by atoms with E-state index in [2.05, 4.69) is 15.3 Å². The molecule has 1 saturated heterocycles. The first-order valence-corrected chi connectivity index (χ1v) is 10.5. The fraction of sp³-hybridized carbons (Fsp3) is 0.478. The molecule has 1 aromatic heterocycles. The van der Waals surface area contributed by atoms with Gasteiger partial charge in [0.15, 0.2) is 5.82 Å². The first kappa shape index (κ1) is 22.7. The first-order valence-electron chi connectivity index (χ1n) is 10.5. The molecular weight excluding hydrogens is 397 g/mol. The van der Waals surface area contributed by atoms with E-state index in [-0.39, 0.29) is 30.2 Å². The maximum Gasteiger partial charge on any atom is 0.232 e. The zero-order valence-electron chi connectivity index (χ0n) is 18.8. The topological polar surface area (TPSA) is 78.4 Å². The van der Waals surface area contributed by atoms with Crippen molar-refractivity contribution in [2.45, 2.75) is 51.6 Å². The summed E-state index contributed by atoms with van der Waals surface area (Å²) in [6, 6.07) is 7.77. The lowest BCUT2D eigenvalue weighted by Crippen LogP contribution is -2.41. The molecule has 2 heterocycles. The van der Waals surface area contributed by atoms with Crippen LogP contribution in [0.2, 0.25) is 0 Å². The van der Waals surface area contributed by atoms with Crippen molar-refractivity contribution < 1.29 is 14.0 Å². The number of anilines is 1. The Bertz CT molecular complexity index is 978. The second-order valence-corrected chi connectivity index (χ2v) is 8.52. The highest BCUT2D eigenvalue weighted by molar-refractivity contribution is 5.87. The number of nitrogens with zero attached hydrogens (tertiary/aromatic N) is 4. The van der Waals surface area contributed by atoms with Crippen LogP contribution >= 0.6 is 0 Å². The molecular formula is C23H30FN5O2. The summed E-state index contributed by atoms with van der Waals surface area (Å²) in [6.45, 7) is 6.10. The third-order valence-corrected chi connectivity index (χ3v) is 5.83. The predicted molar refractivity (Wildman–Crippen MR) is 117 cm³/mol. The molecule has 1 atom stereocenters. The molecule has 1 aliphatic heterocycles. The van der Waals surface area contributed by atoms with Crippen LogP contribution in [0.15, 0.2) is 30.3 Å². The van der Waals surface area contributed by atoms with Gasteiger partial charge in [-0.3, -0.25) is 9.59 Å². The maximum atomic E-state index is 13.7. The average molecular weight is 428 g/mol. The predicted octanol–water partition coefficient (Wildman–Crippen LogP) is 3.28. The Kier molecular flexibility index (Phi) is 6.57. The molecule has 1 fully saturated rings. The number of rotatable bonds is 6. The standard InChI is InChI=1S/C23H30FN5O2/c1-15(30)29-11-7-10-19(29)21-26-18(13-20(25-4)27-21)14-28(5)22(31)23(2,3)16-8-6-9-17(24)12-16/h6,8-9,12-13,19H,7,10-11,14H2,1-5H3,(H,25,26,27)/t19-/m1/s1. The number of hydrogen-bond donors (Lipinski definition) is 1. The van der Waals surface area contributed by atoms with Gasteiger partial charge in [0.05, 0.1) is 23.7 Å². The number of nitrogens with one attached hydrogen (secondary N) is 1. The van der Waals surface area contributed by atoms with Crippen LogP contribution in [0, 0.1) is 5.82 Å². The fourth-order valence-electron chi connectivity index (χ4n) is 4.08. The van der Waals surface area contributed by atoms with E-state index >= 15 is 0 Å². The summed E-state index contributed by atoms with van der Waals surface area (Å²) >= 11 is 0. The minimum Gasteiger partial charge on any atom is -0.373 e. The molecule has 2 aromatic rings.